The molecule has 0 aliphatic rings. The molecule has 0 N–H and O–H groups in total. The number of aryl methyl sites for hydroxylation is 2. The Morgan fingerprint density at radius 2 is 2.00 bits per heavy atom. The van der Waals surface area contributed by atoms with Crippen LogP contribution in [0, 0.1) is 32.1 Å². The number of hydrogen-bond donors (Lipinski definition) is 0. The molecule has 0 aliphatic heterocycles. The van der Waals surface area contributed by atoms with Crippen molar-refractivity contribution in [1.82, 2.24) is 0 Å². The first kappa shape index (κ1) is 14.9. The van der Waals surface area contributed by atoms with E-state index in [1.165, 1.54) is 0 Å². The molecule has 2 rings (SSSR count). The number of methoxy groups -OCH3 is 1. The molecule has 0 radical (unpaired) electrons. The molecule has 0 bridgehead atoms. The Morgan fingerprint density at radius 1 is 1.29 bits per heavy atom. The van der Waals surface area contributed by atoms with Gasteiger partial charge in [-0.15, -0.1) is 0 Å². The van der Waals surface area contributed by atoms with E-state index in [2.05, 4.69) is 6.07 Å². The quantitative estimate of drug-likeness (QED) is 0.802. The third-order valence-corrected chi connectivity index (χ3v) is 3.63. The van der Waals surface area contributed by atoms with Crippen LogP contribution in [-0.4, -0.2) is 12.9 Å². The maximum Gasteiger partial charge on any atom is 0.188 e. The van der Waals surface area contributed by atoms with Crippen molar-refractivity contribution < 1.29 is 13.9 Å². The molecule has 108 valence electrons. The monoisotopic (exact) mass is 283 g/mol. The summed E-state index contributed by atoms with van der Waals surface area (Å²) in [6.07, 6.45) is 0. The highest BCUT2D eigenvalue weighted by Crippen LogP contribution is 2.29. The molecular weight excluding hydrogens is 266 g/mol. The first-order valence-electron chi connectivity index (χ1n) is 6.64. The molecule has 4 heteroatoms. The van der Waals surface area contributed by atoms with Crippen LogP contribution >= 0.6 is 0 Å². The zero-order valence-electron chi connectivity index (χ0n) is 12.6. The standard InChI is InChI=1S/C17H17NO3/c1-10-11(2)21-12(3)16(10)17(19)15(9-18)13-6-5-7-14(8-13)20-4/h5-8,15H,1-4H3. The number of Topliss-reactive ketones (excluding diaryl/α,β-unsaturated/α-hetero) is 1. The highest BCUT2D eigenvalue weighted by atomic mass is 16.5. The Bertz CT molecular complexity index is 722. The lowest BCUT2D eigenvalue weighted by molar-refractivity contribution is 0.0977. The largest absolute Gasteiger partial charge is 0.497 e. The number of furan rings is 1. The lowest BCUT2D eigenvalue weighted by Gasteiger charge is -2.10. The van der Waals surface area contributed by atoms with Gasteiger partial charge in [0.15, 0.2) is 5.78 Å². The van der Waals surface area contributed by atoms with Gasteiger partial charge in [-0.1, -0.05) is 12.1 Å². The van der Waals surface area contributed by atoms with Gasteiger partial charge in [-0.25, -0.2) is 0 Å². The Hall–Kier alpha value is -2.54. The molecule has 0 saturated carbocycles. The van der Waals surface area contributed by atoms with Gasteiger partial charge in [0.2, 0.25) is 0 Å². The van der Waals surface area contributed by atoms with E-state index in [1.807, 2.05) is 13.8 Å². The van der Waals surface area contributed by atoms with E-state index in [1.54, 1.807) is 38.3 Å². The Balaban J connectivity index is 2.46. The number of ether oxygens (including phenoxy) is 1. The van der Waals surface area contributed by atoms with E-state index in [0.29, 0.717) is 28.4 Å². The maximum absolute atomic E-state index is 12.7. The molecule has 1 unspecified atom stereocenters. The number of nitrogens with zero attached hydrogens (tertiary/aromatic N) is 1. The molecule has 4 nitrogen and oxygen atoms in total. The van der Waals surface area contributed by atoms with Gasteiger partial charge in [-0.2, -0.15) is 5.26 Å². The van der Waals surface area contributed by atoms with Crippen molar-refractivity contribution in [2.45, 2.75) is 26.7 Å². The van der Waals surface area contributed by atoms with Crippen molar-refractivity contribution in [3.05, 3.63) is 52.5 Å². The molecule has 2 aromatic rings. The summed E-state index contributed by atoms with van der Waals surface area (Å²) in [5.41, 5.74) is 1.92. The molecule has 0 spiro atoms. The van der Waals surface area contributed by atoms with E-state index in [4.69, 9.17) is 9.15 Å². The summed E-state index contributed by atoms with van der Waals surface area (Å²) in [4.78, 5) is 12.7. The second kappa shape index (κ2) is 5.84. The van der Waals surface area contributed by atoms with Crippen LogP contribution < -0.4 is 4.74 Å². The molecule has 1 aromatic carbocycles. The lowest BCUT2D eigenvalue weighted by atomic mass is 9.90. The molecule has 0 amide bonds. The minimum Gasteiger partial charge on any atom is -0.497 e. The fourth-order valence-corrected chi connectivity index (χ4v) is 2.41. The number of ketones is 1. The predicted molar refractivity (Wildman–Crippen MR) is 78.6 cm³/mol. The number of benzene rings is 1. The summed E-state index contributed by atoms with van der Waals surface area (Å²) < 4.78 is 10.6. The molecule has 0 aliphatic carbocycles. The topological polar surface area (TPSA) is 63.2 Å². The Labute approximate surface area is 124 Å². The zero-order chi connectivity index (χ0) is 15.6. The van der Waals surface area contributed by atoms with Crippen molar-refractivity contribution in [3.8, 4) is 11.8 Å². The average molecular weight is 283 g/mol. The predicted octanol–water partition coefficient (Wildman–Crippen LogP) is 3.70. The normalized spacial score (nSPS) is 11.8. The van der Waals surface area contributed by atoms with Crippen molar-refractivity contribution in [3.63, 3.8) is 0 Å². The van der Waals surface area contributed by atoms with Gasteiger partial charge in [0.1, 0.15) is 23.2 Å². The number of nitriles is 1. The zero-order valence-corrected chi connectivity index (χ0v) is 12.6. The lowest BCUT2D eigenvalue weighted by Crippen LogP contribution is -2.13. The molecule has 0 saturated heterocycles. The van der Waals surface area contributed by atoms with Gasteiger partial charge in [0.25, 0.3) is 0 Å². The summed E-state index contributed by atoms with van der Waals surface area (Å²) in [6, 6.07) is 9.10. The second-order valence-electron chi connectivity index (χ2n) is 4.92. The number of carbonyl (C=O) groups excluding carboxylic acids is 1. The first-order valence-corrected chi connectivity index (χ1v) is 6.64. The van der Waals surface area contributed by atoms with Crippen LogP contribution in [0.4, 0.5) is 0 Å². The van der Waals surface area contributed by atoms with E-state index in [9.17, 15) is 10.1 Å². The van der Waals surface area contributed by atoms with Crippen LogP contribution in [0.5, 0.6) is 5.75 Å². The van der Waals surface area contributed by atoms with Crippen LogP contribution in [0.25, 0.3) is 0 Å². The summed E-state index contributed by atoms with van der Waals surface area (Å²) in [5, 5.41) is 9.42. The fraction of sp³-hybridized carbons (Fsp3) is 0.294. The number of hydrogen-bond acceptors (Lipinski definition) is 4. The minimum atomic E-state index is -0.866. The van der Waals surface area contributed by atoms with Crippen molar-refractivity contribution in [2.75, 3.05) is 7.11 Å². The van der Waals surface area contributed by atoms with E-state index >= 15 is 0 Å². The summed E-state index contributed by atoms with van der Waals surface area (Å²) in [6.45, 7) is 5.39. The van der Waals surface area contributed by atoms with Crippen molar-refractivity contribution in [1.29, 1.82) is 5.26 Å². The van der Waals surface area contributed by atoms with Gasteiger partial charge in [0, 0.05) is 5.56 Å². The second-order valence-corrected chi connectivity index (χ2v) is 4.92. The molecule has 1 aromatic heterocycles. The molecular formula is C17H17NO3. The SMILES string of the molecule is COc1cccc(C(C#N)C(=O)c2c(C)oc(C)c2C)c1. The van der Waals surface area contributed by atoms with Crippen LogP contribution in [0.3, 0.4) is 0 Å². The van der Waals surface area contributed by atoms with Crippen molar-refractivity contribution >= 4 is 5.78 Å². The third-order valence-electron chi connectivity index (χ3n) is 3.63. The Morgan fingerprint density at radius 3 is 2.52 bits per heavy atom. The third kappa shape index (κ3) is 2.68. The molecule has 21 heavy (non-hydrogen) atoms. The minimum absolute atomic E-state index is 0.238. The van der Waals surface area contributed by atoms with Crippen LogP contribution in [0.1, 0.15) is 38.9 Å². The highest BCUT2D eigenvalue weighted by molar-refractivity contribution is 6.04. The highest BCUT2D eigenvalue weighted by Gasteiger charge is 2.27. The van der Waals surface area contributed by atoms with Crippen LogP contribution in [0.15, 0.2) is 28.7 Å². The summed E-state index contributed by atoms with van der Waals surface area (Å²) in [7, 11) is 1.55. The fourth-order valence-electron chi connectivity index (χ4n) is 2.41. The summed E-state index contributed by atoms with van der Waals surface area (Å²) >= 11 is 0. The number of carbonyl (C=O) groups is 1. The van der Waals surface area contributed by atoms with E-state index in [0.717, 1.165) is 5.56 Å². The smallest absolute Gasteiger partial charge is 0.188 e. The average Bonchev–Trinajstić information content (AvgIpc) is 2.73. The van der Waals surface area contributed by atoms with Gasteiger partial charge in [-0.3, -0.25) is 4.79 Å². The maximum atomic E-state index is 12.7. The van der Waals surface area contributed by atoms with E-state index < -0.39 is 5.92 Å². The van der Waals surface area contributed by atoms with Gasteiger partial charge in [0.05, 0.1) is 18.7 Å². The van der Waals surface area contributed by atoms with Crippen LogP contribution in [-0.2, 0) is 0 Å². The van der Waals surface area contributed by atoms with Gasteiger partial charge < -0.3 is 9.15 Å². The molecule has 1 heterocycles. The Kier molecular flexibility index (Phi) is 4.13. The molecule has 0 fully saturated rings. The first-order chi connectivity index (χ1) is 9.99. The summed E-state index contributed by atoms with van der Waals surface area (Å²) in [5.74, 6) is 0.779. The van der Waals surface area contributed by atoms with Crippen molar-refractivity contribution in [2.24, 2.45) is 0 Å². The van der Waals surface area contributed by atoms with Gasteiger partial charge >= 0.3 is 0 Å². The van der Waals surface area contributed by atoms with E-state index in [-0.39, 0.29) is 5.78 Å². The molecule has 1 atom stereocenters. The van der Waals surface area contributed by atoms with Gasteiger partial charge in [-0.05, 0) is 38.5 Å². The number of rotatable bonds is 4. The van der Waals surface area contributed by atoms with Crippen LogP contribution in [0.2, 0.25) is 0 Å².